The molecule has 2 heteroatoms. The van der Waals surface area contributed by atoms with Gasteiger partial charge in [-0.25, -0.2) is 0 Å². The average Bonchev–Trinajstić information content (AvgIpc) is 2.30. The van der Waals surface area contributed by atoms with E-state index < -0.39 is 0 Å². The van der Waals surface area contributed by atoms with Crippen molar-refractivity contribution < 1.29 is 0 Å². The lowest BCUT2D eigenvalue weighted by Gasteiger charge is -1.92. The Morgan fingerprint density at radius 1 is 0.938 bits per heavy atom. The van der Waals surface area contributed by atoms with Crippen LogP contribution >= 0.6 is 0 Å². The molecule has 0 N–H and O–H groups in total. The van der Waals surface area contributed by atoms with Gasteiger partial charge in [0.05, 0.1) is 11.4 Å². The van der Waals surface area contributed by atoms with Gasteiger partial charge in [0, 0.05) is 0 Å². The van der Waals surface area contributed by atoms with Crippen molar-refractivity contribution in [3.63, 3.8) is 0 Å². The molecule has 0 atom stereocenters. The van der Waals surface area contributed by atoms with Crippen LogP contribution in [0.25, 0.3) is 0 Å². The molecule has 84 valence electrons. The van der Waals surface area contributed by atoms with Crippen LogP contribution in [-0.4, -0.2) is 0 Å². The van der Waals surface area contributed by atoms with Gasteiger partial charge in [0.2, 0.25) is 0 Å². The van der Waals surface area contributed by atoms with Gasteiger partial charge in [-0.15, -0.1) is 0 Å². The van der Waals surface area contributed by atoms with Gasteiger partial charge in [-0.3, -0.25) is 0 Å². The van der Waals surface area contributed by atoms with E-state index in [2.05, 4.69) is 23.4 Å². The maximum Gasteiger partial charge on any atom is 0.0853 e. The van der Waals surface area contributed by atoms with E-state index in [4.69, 9.17) is 0 Å². The minimum atomic E-state index is 0.767. The first-order chi connectivity index (χ1) is 7.78. The summed E-state index contributed by atoms with van der Waals surface area (Å²) < 4.78 is 0. The van der Waals surface area contributed by atoms with Gasteiger partial charge in [0.1, 0.15) is 0 Å². The van der Waals surface area contributed by atoms with Crippen LogP contribution in [0.5, 0.6) is 0 Å². The Morgan fingerprint density at radius 3 is 2.12 bits per heavy atom. The second-order valence-corrected chi connectivity index (χ2v) is 2.84. The molecule has 0 radical (unpaired) electrons. The van der Waals surface area contributed by atoms with Crippen molar-refractivity contribution in [1.29, 1.82) is 0 Å². The first kappa shape index (κ1) is 14.0. The zero-order valence-electron chi connectivity index (χ0n) is 9.93. The molecule has 16 heavy (non-hydrogen) atoms. The van der Waals surface area contributed by atoms with E-state index in [0.717, 1.165) is 11.4 Å². The molecule has 0 rings (SSSR count). The largest absolute Gasteiger partial charge is 0.151 e. The van der Waals surface area contributed by atoms with Crippen molar-refractivity contribution in [3.05, 3.63) is 73.2 Å². The van der Waals surface area contributed by atoms with Crippen LogP contribution in [0.2, 0.25) is 0 Å². The van der Waals surface area contributed by atoms with Crippen LogP contribution in [0.3, 0.4) is 0 Å². The third kappa shape index (κ3) is 6.49. The van der Waals surface area contributed by atoms with Crippen LogP contribution in [-0.2, 0) is 0 Å². The highest BCUT2D eigenvalue weighted by molar-refractivity contribution is 5.23. The summed E-state index contributed by atoms with van der Waals surface area (Å²) in [6.45, 7) is 11.1. The van der Waals surface area contributed by atoms with Crippen LogP contribution < -0.4 is 0 Å². The molecular weight excluding hydrogens is 196 g/mol. The smallest absolute Gasteiger partial charge is 0.0853 e. The molecular formula is C14H18N2. The number of azo groups is 1. The Kier molecular flexibility index (Phi) is 8.41. The number of nitrogens with zero attached hydrogens (tertiary/aromatic N) is 2. The quantitative estimate of drug-likeness (QED) is 0.451. The predicted molar refractivity (Wildman–Crippen MR) is 71.0 cm³/mol. The molecule has 0 bridgehead atoms. The fourth-order valence-corrected chi connectivity index (χ4v) is 0.883. The molecule has 0 aliphatic carbocycles. The summed E-state index contributed by atoms with van der Waals surface area (Å²) in [7, 11) is 0. The van der Waals surface area contributed by atoms with E-state index in [-0.39, 0.29) is 0 Å². The Balaban J connectivity index is 4.77. The molecule has 2 nitrogen and oxygen atoms in total. The summed E-state index contributed by atoms with van der Waals surface area (Å²) in [6, 6.07) is 0. The van der Waals surface area contributed by atoms with Gasteiger partial charge in [-0.1, -0.05) is 43.5 Å². The maximum absolute atomic E-state index is 4.10. The molecule has 0 aromatic rings. The second kappa shape index (κ2) is 9.59. The zero-order valence-corrected chi connectivity index (χ0v) is 9.93. The molecule has 0 spiro atoms. The summed E-state index contributed by atoms with van der Waals surface area (Å²) >= 11 is 0. The maximum atomic E-state index is 4.10. The van der Waals surface area contributed by atoms with Crippen molar-refractivity contribution >= 4 is 0 Å². The monoisotopic (exact) mass is 214 g/mol. The SMILES string of the molecule is C=C\C=C/C(=C\C)/N=N\C(\C=C/C)=C\C=C. The Bertz CT molecular complexity index is 366. The van der Waals surface area contributed by atoms with Crippen LogP contribution in [0.1, 0.15) is 13.8 Å². The van der Waals surface area contributed by atoms with Crippen molar-refractivity contribution in [2.45, 2.75) is 13.8 Å². The molecule has 0 aromatic carbocycles. The topological polar surface area (TPSA) is 24.7 Å². The lowest BCUT2D eigenvalue weighted by atomic mass is 10.3. The van der Waals surface area contributed by atoms with Gasteiger partial charge in [-0.2, -0.15) is 10.2 Å². The summed E-state index contributed by atoms with van der Waals surface area (Å²) in [5.74, 6) is 0. The fraction of sp³-hybridized carbons (Fsp3) is 0.143. The number of hydrogen-bond acceptors (Lipinski definition) is 2. The minimum Gasteiger partial charge on any atom is -0.151 e. The van der Waals surface area contributed by atoms with Crippen molar-refractivity contribution in [1.82, 2.24) is 0 Å². The van der Waals surface area contributed by atoms with Crippen molar-refractivity contribution in [3.8, 4) is 0 Å². The lowest BCUT2D eigenvalue weighted by Crippen LogP contribution is -1.73. The van der Waals surface area contributed by atoms with Gasteiger partial charge in [0.15, 0.2) is 0 Å². The summed E-state index contributed by atoms with van der Waals surface area (Å²) in [4.78, 5) is 0. The Hall–Kier alpha value is -1.96. The van der Waals surface area contributed by atoms with Crippen LogP contribution in [0, 0.1) is 0 Å². The highest BCUT2D eigenvalue weighted by Gasteiger charge is 1.87. The first-order valence-electron chi connectivity index (χ1n) is 5.11. The molecule has 0 fully saturated rings. The van der Waals surface area contributed by atoms with Crippen LogP contribution in [0.4, 0.5) is 0 Å². The van der Waals surface area contributed by atoms with Crippen LogP contribution in [0.15, 0.2) is 83.4 Å². The third-order valence-corrected chi connectivity index (χ3v) is 1.61. The van der Waals surface area contributed by atoms with Crippen molar-refractivity contribution in [2.75, 3.05) is 0 Å². The molecule has 0 heterocycles. The van der Waals surface area contributed by atoms with E-state index in [0.29, 0.717) is 0 Å². The predicted octanol–water partition coefficient (Wildman–Crippen LogP) is 4.73. The molecule has 0 aliphatic rings. The van der Waals surface area contributed by atoms with Gasteiger partial charge < -0.3 is 0 Å². The van der Waals surface area contributed by atoms with E-state index in [1.54, 1.807) is 18.2 Å². The Morgan fingerprint density at radius 2 is 1.62 bits per heavy atom. The normalized spacial score (nSPS) is 14.1. The zero-order chi connectivity index (χ0) is 12.2. The molecule has 0 aliphatic heterocycles. The fourth-order valence-electron chi connectivity index (χ4n) is 0.883. The highest BCUT2D eigenvalue weighted by Crippen LogP contribution is 2.06. The molecule has 0 aromatic heterocycles. The minimum absolute atomic E-state index is 0.767. The van der Waals surface area contributed by atoms with Gasteiger partial charge in [-0.05, 0) is 32.1 Å². The van der Waals surface area contributed by atoms with E-state index in [9.17, 15) is 0 Å². The number of rotatable bonds is 6. The van der Waals surface area contributed by atoms with Gasteiger partial charge in [0.25, 0.3) is 0 Å². The Labute approximate surface area is 97.8 Å². The van der Waals surface area contributed by atoms with E-state index in [1.165, 1.54) is 0 Å². The molecule has 0 amide bonds. The van der Waals surface area contributed by atoms with Crippen molar-refractivity contribution in [2.24, 2.45) is 10.2 Å². The third-order valence-electron chi connectivity index (χ3n) is 1.61. The number of hydrogen-bond donors (Lipinski definition) is 0. The summed E-state index contributed by atoms with van der Waals surface area (Å²) in [6.07, 6.45) is 14.5. The highest BCUT2D eigenvalue weighted by atomic mass is 15.1. The molecule has 0 saturated heterocycles. The van der Waals surface area contributed by atoms with Gasteiger partial charge >= 0.3 is 0 Å². The number of allylic oxidation sites excluding steroid dienone is 8. The second-order valence-electron chi connectivity index (χ2n) is 2.84. The molecule has 0 unspecified atom stereocenters. The van der Waals surface area contributed by atoms with E-state index in [1.807, 2.05) is 44.2 Å². The summed E-state index contributed by atoms with van der Waals surface area (Å²) in [5, 5.41) is 8.20. The standard InChI is InChI=1S/C14H18N2/c1-5-9-12-13(8-4)15-16-14(10-6-2)11-7-3/h5-12H,1-2H2,3-4H3/b11-7-,12-9-,13-8+,14-10+,16-15-. The summed E-state index contributed by atoms with van der Waals surface area (Å²) in [5.41, 5.74) is 1.56. The molecule has 0 saturated carbocycles. The average molecular weight is 214 g/mol. The lowest BCUT2D eigenvalue weighted by molar-refractivity contribution is 1.12. The van der Waals surface area contributed by atoms with E-state index >= 15 is 0 Å². The first-order valence-corrected chi connectivity index (χ1v) is 5.11.